The Morgan fingerprint density at radius 1 is 1.05 bits per heavy atom. The summed E-state index contributed by atoms with van der Waals surface area (Å²) in [6.07, 6.45) is 1.03. The molecule has 1 aromatic carbocycles. The third-order valence-electron chi connectivity index (χ3n) is 3.01. The Morgan fingerprint density at radius 2 is 1.71 bits per heavy atom. The summed E-state index contributed by atoms with van der Waals surface area (Å²) >= 11 is 0. The lowest BCUT2D eigenvalue weighted by atomic mass is 10.1. The predicted molar refractivity (Wildman–Crippen MR) is 73.5 cm³/mol. The van der Waals surface area contributed by atoms with Gasteiger partial charge in [-0.15, -0.1) is 0 Å². The van der Waals surface area contributed by atoms with E-state index in [0.717, 1.165) is 6.26 Å². The molecule has 7 nitrogen and oxygen atoms in total. The van der Waals surface area contributed by atoms with Gasteiger partial charge in [0.25, 0.3) is 0 Å². The molecule has 1 aromatic heterocycles. The molecule has 0 spiro atoms. The highest BCUT2D eigenvalue weighted by atomic mass is 16.5. The van der Waals surface area contributed by atoms with Crippen molar-refractivity contribution in [1.82, 2.24) is 0 Å². The molecule has 0 fully saturated rings. The molecule has 0 aliphatic heterocycles. The molecular formula is C14H14O7. The van der Waals surface area contributed by atoms with E-state index in [9.17, 15) is 9.59 Å². The summed E-state index contributed by atoms with van der Waals surface area (Å²) in [6, 6.07) is 1.43. The first-order valence-corrected chi connectivity index (χ1v) is 5.91. The van der Waals surface area contributed by atoms with E-state index >= 15 is 0 Å². The molecule has 0 atom stereocenters. The second-order valence-electron chi connectivity index (χ2n) is 4.00. The third-order valence-corrected chi connectivity index (χ3v) is 3.01. The van der Waals surface area contributed by atoms with Gasteiger partial charge in [0.15, 0.2) is 11.5 Å². The average molecular weight is 294 g/mol. The molecular weight excluding hydrogens is 280 g/mol. The van der Waals surface area contributed by atoms with Crippen LogP contribution in [0.4, 0.5) is 0 Å². The van der Waals surface area contributed by atoms with Crippen LogP contribution in [0.2, 0.25) is 0 Å². The Hall–Kier alpha value is -2.70. The largest absolute Gasteiger partial charge is 0.493 e. The lowest BCUT2D eigenvalue weighted by Gasteiger charge is -2.15. The summed E-state index contributed by atoms with van der Waals surface area (Å²) < 4.78 is 25.2. The van der Waals surface area contributed by atoms with Gasteiger partial charge in [0.2, 0.25) is 5.75 Å². The number of carbonyl (C=O) groups is 1. The highest BCUT2D eigenvalue weighted by Gasteiger charge is 2.24. The highest BCUT2D eigenvalue weighted by molar-refractivity contribution is 6.07. The molecule has 0 saturated heterocycles. The van der Waals surface area contributed by atoms with Crippen molar-refractivity contribution in [3.63, 3.8) is 0 Å². The molecule has 2 aromatic rings. The molecule has 0 unspecified atom stereocenters. The van der Waals surface area contributed by atoms with E-state index in [1.807, 2.05) is 0 Å². The highest BCUT2D eigenvalue weighted by Crippen LogP contribution is 2.43. The minimum atomic E-state index is -0.658. The monoisotopic (exact) mass is 294 g/mol. The van der Waals surface area contributed by atoms with Gasteiger partial charge in [0, 0.05) is 0 Å². The fraction of sp³-hybridized carbons (Fsp3) is 0.286. The van der Waals surface area contributed by atoms with Gasteiger partial charge >= 0.3 is 11.6 Å². The number of hydrogen-bond donors (Lipinski definition) is 0. The Kier molecular flexibility index (Phi) is 4.02. The van der Waals surface area contributed by atoms with Crippen LogP contribution in [-0.4, -0.2) is 34.4 Å². The third kappa shape index (κ3) is 2.26. The second kappa shape index (κ2) is 5.74. The van der Waals surface area contributed by atoms with Crippen LogP contribution < -0.4 is 19.8 Å². The summed E-state index contributed by atoms with van der Waals surface area (Å²) in [5.41, 5.74) is -0.568. The smallest absolute Gasteiger partial charge is 0.343 e. The molecule has 0 aliphatic carbocycles. The van der Waals surface area contributed by atoms with Gasteiger partial charge in [-0.25, -0.2) is 9.59 Å². The summed E-state index contributed by atoms with van der Waals surface area (Å²) in [7, 11) is 5.48. The minimum Gasteiger partial charge on any atom is -0.493 e. The van der Waals surface area contributed by atoms with Gasteiger partial charge in [-0.1, -0.05) is 0 Å². The molecule has 0 aliphatic rings. The number of benzene rings is 1. The van der Waals surface area contributed by atoms with Crippen LogP contribution in [0.5, 0.6) is 17.2 Å². The lowest BCUT2D eigenvalue weighted by molar-refractivity contribution is 0.0600. The number of methoxy groups -OCH3 is 4. The van der Waals surface area contributed by atoms with Crippen molar-refractivity contribution in [2.24, 2.45) is 0 Å². The van der Waals surface area contributed by atoms with Crippen molar-refractivity contribution in [1.29, 1.82) is 0 Å². The van der Waals surface area contributed by atoms with E-state index in [2.05, 4.69) is 4.74 Å². The summed E-state index contributed by atoms with van der Waals surface area (Å²) in [4.78, 5) is 23.8. The molecule has 7 heteroatoms. The van der Waals surface area contributed by atoms with Crippen LogP contribution in [-0.2, 0) is 4.74 Å². The first-order valence-electron chi connectivity index (χ1n) is 5.91. The van der Waals surface area contributed by atoms with Crippen molar-refractivity contribution in [2.45, 2.75) is 0 Å². The van der Waals surface area contributed by atoms with Gasteiger partial charge in [-0.05, 0) is 6.07 Å². The molecule has 0 saturated carbocycles. The number of esters is 1. The molecule has 0 radical (unpaired) electrons. The first kappa shape index (κ1) is 14.7. The lowest BCUT2D eigenvalue weighted by Crippen LogP contribution is -2.09. The number of rotatable bonds is 4. The second-order valence-corrected chi connectivity index (χ2v) is 4.00. The average Bonchev–Trinajstić information content (AvgIpc) is 2.52. The quantitative estimate of drug-likeness (QED) is 0.792. The van der Waals surface area contributed by atoms with Crippen LogP contribution in [0.3, 0.4) is 0 Å². The Balaban J connectivity index is 3.02. The van der Waals surface area contributed by atoms with Crippen molar-refractivity contribution in [3.8, 4) is 17.2 Å². The molecule has 1 heterocycles. The SMILES string of the molecule is COC(=O)c1coc(=O)c2cc(OC)c(OC)c(OC)c12. The van der Waals surface area contributed by atoms with Crippen LogP contribution in [0.25, 0.3) is 10.8 Å². The molecule has 2 rings (SSSR count). The number of fused-ring (bicyclic) bond motifs is 1. The fourth-order valence-corrected chi connectivity index (χ4v) is 2.08. The van der Waals surface area contributed by atoms with Gasteiger partial charge in [0.1, 0.15) is 11.8 Å². The van der Waals surface area contributed by atoms with Gasteiger partial charge in [-0.2, -0.15) is 0 Å². The maximum absolute atomic E-state index is 11.9. The zero-order chi connectivity index (χ0) is 15.6. The molecule has 0 N–H and O–H groups in total. The van der Waals surface area contributed by atoms with E-state index in [1.54, 1.807) is 0 Å². The van der Waals surface area contributed by atoms with E-state index < -0.39 is 11.6 Å². The number of hydrogen-bond acceptors (Lipinski definition) is 7. The Morgan fingerprint density at radius 3 is 2.24 bits per heavy atom. The van der Waals surface area contributed by atoms with Crippen LogP contribution in [0.1, 0.15) is 10.4 Å². The van der Waals surface area contributed by atoms with Crippen molar-refractivity contribution in [2.75, 3.05) is 28.4 Å². The van der Waals surface area contributed by atoms with E-state index in [1.165, 1.54) is 34.5 Å². The van der Waals surface area contributed by atoms with Crippen LogP contribution in [0.15, 0.2) is 21.5 Å². The maximum atomic E-state index is 11.9. The predicted octanol–water partition coefficient (Wildman–Crippen LogP) is 1.61. The number of carbonyl (C=O) groups excluding carboxylic acids is 1. The normalized spacial score (nSPS) is 10.3. The van der Waals surface area contributed by atoms with Gasteiger partial charge < -0.3 is 23.4 Å². The summed E-state index contributed by atoms with van der Waals surface area (Å²) in [6.45, 7) is 0. The Bertz CT molecular complexity index is 745. The fourth-order valence-electron chi connectivity index (χ4n) is 2.08. The molecule has 112 valence electrons. The summed E-state index contributed by atoms with van der Waals surface area (Å²) in [5, 5.41) is 0.380. The standard InChI is InChI=1S/C14H14O7/c1-17-9-5-7-10(12(19-3)11(9)18-2)8(13(15)20-4)6-21-14(7)16/h5-6H,1-4H3. The van der Waals surface area contributed by atoms with E-state index in [-0.39, 0.29) is 33.6 Å². The molecule has 0 bridgehead atoms. The van der Waals surface area contributed by atoms with Crippen molar-refractivity contribution >= 4 is 16.7 Å². The van der Waals surface area contributed by atoms with Crippen molar-refractivity contribution < 1.29 is 28.2 Å². The van der Waals surface area contributed by atoms with E-state index in [0.29, 0.717) is 0 Å². The molecule has 21 heavy (non-hydrogen) atoms. The summed E-state index contributed by atoms with van der Waals surface area (Å²) in [5.74, 6) is 0.0915. The maximum Gasteiger partial charge on any atom is 0.343 e. The zero-order valence-electron chi connectivity index (χ0n) is 12.0. The topological polar surface area (TPSA) is 84.2 Å². The van der Waals surface area contributed by atoms with E-state index in [4.69, 9.17) is 18.6 Å². The van der Waals surface area contributed by atoms with Crippen molar-refractivity contribution in [3.05, 3.63) is 28.3 Å². The number of ether oxygens (including phenoxy) is 4. The minimum absolute atomic E-state index is 0.0601. The van der Waals surface area contributed by atoms with Crippen LogP contribution >= 0.6 is 0 Å². The molecule has 0 amide bonds. The van der Waals surface area contributed by atoms with Gasteiger partial charge in [-0.3, -0.25) is 0 Å². The van der Waals surface area contributed by atoms with Gasteiger partial charge in [0.05, 0.1) is 39.2 Å². The zero-order valence-corrected chi connectivity index (χ0v) is 12.0. The van der Waals surface area contributed by atoms with Crippen LogP contribution in [0, 0.1) is 0 Å². The Labute approximate surface area is 120 Å². The first-order chi connectivity index (χ1) is 10.1.